The number of carbonyl (C=O) groups excluding carboxylic acids is 1. The van der Waals surface area contributed by atoms with Crippen LogP contribution in [0.5, 0.6) is 0 Å². The van der Waals surface area contributed by atoms with E-state index in [1.807, 2.05) is 40.9 Å². The second-order valence-electron chi connectivity index (χ2n) is 8.33. The number of aromatic nitrogens is 4. The van der Waals surface area contributed by atoms with Gasteiger partial charge in [-0.3, -0.25) is 9.59 Å². The highest BCUT2D eigenvalue weighted by molar-refractivity contribution is 14.1. The van der Waals surface area contributed by atoms with Crippen molar-refractivity contribution < 1.29 is 4.79 Å². The molecule has 1 N–H and O–H groups in total. The Labute approximate surface area is 205 Å². The standard InChI is InChI=1S/C24H25IN6O2/c1-3-4-7-30-14-19(17-5-6-26-22(17)24(30)33)18-12-16(13-20-21(18)27-15-28(20)2)23(32)29-8-10-31(25)11-9-29/h3,5-6,12-15,26H,1,4,7-11H2,2H3. The maximum atomic E-state index is 13.4. The van der Waals surface area contributed by atoms with Gasteiger partial charge in [-0.1, -0.05) is 6.08 Å². The van der Waals surface area contributed by atoms with E-state index in [9.17, 15) is 9.59 Å². The molecule has 170 valence electrons. The van der Waals surface area contributed by atoms with E-state index in [1.54, 1.807) is 23.2 Å². The van der Waals surface area contributed by atoms with Gasteiger partial charge >= 0.3 is 0 Å². The van der Waals surface area contributed by atoms with Crippen molar-refractivity contribution in [2.75, 3.05) is 26.2 Å². The number of aromatic amines is 1. The molecule has 0 unspecified atom stereocenters. The fraction of sp³-hybridized carbons (Fsp3) is 0.292. The van der Waals surface area contributed by atoms with Gasteiger partial charge in [0.25, 0.3) is 11.5 Å². The SMILES string of the molecule is C=CCCn1cc(-c2cc(C(=O)N3CCN(I)CC3)cc3c2ncn3C)c2cc[nH]c2c1=O. The first-order chi connectivity index (χ1) is 16.0. The first-order valence-corrected chi connectivity index (χ1v) is 11.9. The lowest BCUT2D eigenvalue weighted by atomic mass is 9.99. The zero-order valence-corrected chi connectivity index (χ0v) is 20.6. The number of carbonyl (C=O) groups is 1. The fourth-order valence-electron chi connectivity index (χ4n) is 4.44. The molecule has 1 aromatic carbocycles. The van der Waals surface area contributed by atoms with Crippen LogP contribution in [-0.2, 0) is 13.6 Å². The number of H-pyrrole nitrogens is 1. The number of amides is 1. The average molecular weight is 556 g/mol. The summed E-state index contributed by atoms with van der Waals surface area (Å²) in [5.41, 5.74) is 4.54. The molecular formula is C24H25IN6O2. The van der Waals surface area contributed by atoms with Gasteiger partial charge in [-0.15, -0.1) is 6.58 Å². The molecule has 0 atom stereocenters. The van der Waals surface area contributed by atoms with E-state index in [0.717, 1.165) is 40.6 Å². The van der Waals surface area contributed by atoms with Crippen molar-refractivity contribution in [1.29, 1.82) is 0 Å². The number of halogens is 1. The zero-order chi connectivity index (χ0) is 23.1. The number of allylic oxidation sites excluding steroid dienone is 1. The molecule has 5 rings (SSSR count). The smallest absolute Gasteiger partial charge is 0.274 e. The first-order valence-electron chi connectivity index (χ1n) is 10.9. The first kappa shape index (κ1) is 21.9. The van der Waals surface area contributed by atoms with Crippen molar-refractivity contribution in [2.24, 2.45) is 7.05 Å². The number of fused-ring (bicyclic) bond motifs is 2. The van der Waals surface area contributed by atoms with Crippen LogP contribution in [0.1, 0.15) is 16.8 Å². The number of rotatable bonds is 5. The van der Waals surface area contributed by atoms with E-state index in [-0.39, 0.29) is 11.5 Å². The third-order valence-corrected chi connectivity index (χ3v) is 7.22. The Kier molecular flexibility index (Phi) is 5.83. The van der Waals surface area contributed by atoms with Crippen LogP contribution in [0.2, 0.25) is 0 Å². The van der Waals surface area contributed by atoms with E-state index in [1.165, 1.54) is 0 Å². The molecular weight excluding hydrogens is 531 g/mol. The molecule has 0 aliphatic carbocycles. The Morgan fingerprint density at radius 2 is 2.03 bits per heavy atom. The van der Waals surface area contributed by atoms with Crippen molar-refractivity contribution in [3.05, 3.63) is 65.5 Å². The lowest BCUT2D eigenvalue weighted by Gasteiger charge is -2.31. The molecule has 33 heavy (non-hydrogen) atoms. The van der Waals surface area contributed by atoms with Gasteiger partial charge < -0.3 is 19.0 Å². The highest BCUT2D eigenvalue weighted by Crippen LogP contribution is 2.33. The van der Waals surface area contributed by atoms with Gasteiger partial charge in [0.2, 0.25) is 0 Å². The third-order valence-electron chi connectivity index (χ3n) is 6.25. The number of pyridine rings is 1. The van der Waals surface area contributed by atoms with Gasteiger partial charge in [0.15, 0.2) is 0 Å². The van der Waals surface area contributed by atoms with Crippen LogP contribution in [0.25, 0.3) is 33.1 Å². The van der Waals surface area contributed by atoms with Crippen LogP contribution in [0.15, 0.2) is 54.4 Å². The third kappa shape index (κ3) is 3.89. The Hall–Kier alpha value is -2.92. The Bertz CT molecular complexity index is 1420. The minimum Gasteiger partial charge on any atom is -0.357 e. The van der Waals surface area contributed by atoms with E-state index in [2.05, 4.69) is 42.5 Å². The number of aryl methyl sites for hydroxylation is 2. The predicted molar refractivity (Wildman–Crippen MR) is 139 cm³/mol. The summed E-state index contributed by atoms with van der Waals surface area (Å²) in [5.74, 6) is 0.0224. The van der Waals surface area contributed by atoms with E-state index >= 15 is 0 Å². The van der Waals surface area contributed by atoms with Gasteiger partial charge in [0, 0.05) is 97.1 Å². The molecule has 0 bridgehead atoms. The maximum Gasteiger partial charge on any atom is 0.274 e. The molecule has 1 amide bonds. The van der Waals surface area contributed by atoms with Crippen LogP contribution in [0.3, 0.4) is 0 Å². The summed E-state index contributed by atoms with van der Waals surface area (Å²) in [5, 5.41) is 0.824. The van der Waals surface area contributed by atoms with Crippen molar-refractivity contribution in [3.63, 3.8) is 0 Å². The quantitative estimate of drug-likeness (QED) is 0.232. The van der Waals surface area contributed by atoms with E-state index in [0.29, 0.717) is 37.1 Å². The summed E-state index contributed by atoms with van der Waals surface area (Å²) in [6, 6.07) is 5.76. The average Bonchev–Trinajstić information content (AvgIpc) is 3.46. The molecule has 0 saturated carbocycles. The van der Waals surface area contributed by atoms with Crippen LogP contribution in [0.4, 0.5) is 0 Å². The van der Waals surface area contributed by atoms with Crippen molar-refractivity contribution in [3.8, 4) is 11.1 Å². The molecule has 1 saturated heterocycles. The number of nitrogens with one attached hydrogen (secondary N) is 1. The predicted octanol–water partition coefficient (Wildman–Crippen LogP) is 3.57. The number of imidazole rings is 1. The fourth-order valence-corrected chi connectivity index (χ4v) is 4.87. The van der Waals surface area contributed by atoms with Crippen LogP contribution >= 0.6 is 22.9 Å². The van der Waals surface area contributed by atoms with E-state index in [4.69, 9.17) is 0 Å². The summed E-state index contributed by atoms with van der Waals surface area (Å²) in [7, 11) is 1.93. The molecule has 9 heteroatoms. The Balaban J connectivity index is 1.70. The van der Waals surface area contributed by atoms with Crippen molar-refractivity contribution in [2.45, 2.75) is 13.0 Å². The Morgan fingerprint density at radius 3 is 2.79 bits per heavy atom. The van der Waals surface area contributed by atoms with Crippen LogP contribution in [-0.4, -0.2) is 59.2 Å². The molecule has 0 radical (unpaired) electrons. The molecule has 3 aromatic heterocycles. The minimum atomic E-state index is -0.0678. The maximum absolute atomic E-state index is 13.4. The molecule has 0 spiro atoms. The lowest BCUT2D eigenvalue weighted by molar-refractivity contribution is 0.0711. The number of piperazine rings is 1. The zero-order valence-electron chi connectivity index (χ0n) is 18.4. The summed E-state index contributed by atoms with van der Waals surface area (Å²) in [4.78, 5) is 36.1. The largest absolute Gasteiger partial charge is 0.357 e. The second kappa shape index (κ2) is 8.79. The van der Waals surface area contributed by atoms with Gasteiger partial charge in [-0.25, -0.2) is 8.10 Å². The number of hydrogen-bond acceptors (Lipinski definition) is 4. The molecule has 1 fully saturated rings. The normalized spacial score (nSPS) is 14.9. The summed E-state index contributed by atoms with van der Waals surface area (Å²) >= 11 is 2.30. The molecule has 1 aliphatic rings. The van der Waals surface area contributed by atoms with Crippen molar-refractivity contribution >= 4 is 50.7 Å². The van der Waals surface area contributed by atoms with Crippen molar-refractivity contribution in [1.82, 2.24) is 27.1 Å². The molecule has 4 aromatic rings. The molecule has 8 nitrogen and oxygen atoms in total. The van der Waals surface area contributed by atoms with Gasteiger partial charge in [-0.2, -0.15) is 0 Å². The lowest BCUT2D eigenvalue weighted by Crippen LogP contribution is -2.45. The van der Waals surface area contributed by atoms with Crippen LogP contribution in [0, 0.1) is 0 Å². The number of nitrogens with zero attached hydrogens (tertiary/aromatic N) is 5. The van der Waals surface area contributed by atoms with Gasteiger partial charge in [-0.05, 0) is 24.6 Å². The van der Waals surface area contributed by atoms with Crippen LogP contribution < -0.4 is 5.56 Å². The highest BCUT2D eigenvalue weighted by Gasteiger charge is 2.24. The summed E-state index contributed by atoms with van der Waals surface area (Å²) in [6.07, 6.45) is 7.91. The Morgan fingerprint density at radius 1 is 1.24 bits per heavy atom. The number of hydrogen-bond donors (Lipinski definition) is 1. The van der Waals surface area contributed by atoms with Gasteiger partial charge in [0.05, 0.1) is 17.4 Å². The minimum absolute atomic E-state index is 0.0224. The monoisotopic (exact) mass is 556 g/mol. The summed E-state index contributed by atoms with van der Waals surface area (Å²) in [6.45, 7) is 7.43. The molecule has 1 aliphatic heterocycles. The summed E-state index contributed by atoms with van der Waals surface area (Å²) < 4.78 is 5.84. The second-order valence-corrected chi connectivity index (χ2v) is 9.70. The van der Waals surface area contributed by atoms with E-state index < -0.39 is 0 Å². The topological polar surface area (TPSA) is 79.2 Å². The highest BCUT2D eigenvalue weighted by atomic mass is 127. The van der Waals surface area contributed by atoms with Gasteiger partial charge in [0.1, 0.15) is 5.52 Å². The molecule has 4 heterocycles. The number of benzene rings is 1.